The van der Waals surface area contributed by atoms with Crippen molar-refractivity contribution >= 4 is 11.6 Å². The average Bonchev–Trinajstić information content (AvgIpc) is 2.04. The summed E-state index contributed by atoms with van der Waals surface area (Å²) in [6, 6.07) is 3.80. The lowest BCUT2D eigenvalue weighted by Crippen LogP contribution is -2.10. The van der Waals surface area contributed by atoms with Gasteiger partial charge in [-0.2, -0.15) is 0 Å². The summed E-state index contributed by atoms with van der Waals surface area (Å²) in [5.41, 5.74) is 1.21. The summed E-state index contributed by atoms with van der Waals surface area (Å²) in [5.74, 6) is 0. The number of nitrogens with zero attached hydrogens (tertiary/aromatic N) is 1. The lowest BCUT2D eigenvalue weighted by atomic mass is 10.2. The molecule has 0 amide bonds. The molecule has 1 aromatic rings. The van der Waals surface area contributed by atoms with E-state index in [1.165, 1.54) is 5.56 Å². The van der Waals surface area contributed by atoms with E-state index < -0.39 is 0 Å². The lowest BCUT2D eigenvalue weighted by molar-refractivity contribution is 0.789. The molecule has 0 aliphatic rings. The Balaban J connectivity index is 2.52. The highest BCUT2D eigenvalue weighted by atomic mass is 35.5. The van der Waals surface area contributed by atoms with Crippen LogP contribution in [0.1, 0.15) is 5.56 Å². The third-order valence-corrected chi connectivity index (χ3v) is 1.68. The van der Waals surface area contributed by atoms with Crippen molar-refractivity contribution in [1.82, 2.24) is 10.3 Å². The van der Waals surface area contributed by atoms with E-state index in [2.05, 4.69) is 10.3 Å². The van der Waals surface area contributed by atoms with Gasteiger partial charge in [-0.1, -0.05) is 17.7 Å². The molecule has 0 aromatic carbocycles. The van der Waals surface area contributed by atoms with E-state index in [1.807, 2.05) is 19.2 Å². The molecule has 0 unspecified atom stereocenters. The molecule has 1 rings (SSSR count). The zero-order valence-corrected chi connectivity index (χ0v) is 7.23. The molecule has 0 atom stereocenters. The van der Waals surface area contributed by atoms with E-state index in [0.717, 1.165) is 13.0 Å². The number of hydrogen-bond donors (Lipinski definition) is 1. The first kappa shape index (κ1) is 8.50. The van der Waals surface area contributed by atoms with E-state index in [0.29, 0.717) is 5.15 Å². The van der Waals surface area contributed by atoms with Crippen molar-refractivity contribution in [3.63, 3.8) is 0 Å². The molecule has 11 heavy (non-hydrogen) atoms. The van der Waals surface area contributed by atoms with Gasteiger partial charge >= 0.3 is 0 Å². The average molecular weight is 171 g/mol. The number of rotatable bonds is 3. The Morgan fingerprint density at radius 1 is 1.55 bits per heavy atom. The number of nitrogens with one attached hydrogen (secondary N) is 1. The van der Waals surface area contributed by atoms with Gasteiger partial charge in [-0.3, -0.25) is 0 Å². The number of aromatic nitrogens is 1. The van der Waals surface area contributed by atoms with Crippen LogP contribution >= 0.6 is 11.6 Å². The van der Waals surface area contributed by atoms with Crippen molar-refractivity contribution in [2.24, 2.45) is 0 Å². The maximum absolute atomic E-state index is 5.62. The summed E-state index contributed by atoms with van der Waals surface area (Å²) >= 11 is 5.62. The van der Waals surface area contributed by atoms with Crippen molar-refractivity contribution in [3.05, 3.63) is 29.0 Å². The zero-order valence-electron chi connectivity index (χ0n) is 6.47. The smallest absolute Gasteiger partial charge is 0.129 e. The number of pyridine rings is 1. The Hall–Kier alpha value is -0.600. The van der Waals surface area contributed by atoms with Crippen LogP contribution in [0.3, 0.4) is 0 Å². The fraction of sp³-hybridized carbons (Fsp3) is 0.375. The summed E-state index contributed by atoms with van der Waals surface area (Å²) in [4.78, 5) is 3.97. The summed E-state index contributed by atoms with van der Waals surface area (Å²) in [5, 5.41) is 3.62. The van der Waals surface area contributed by atoms with Gasteiger partial charge in [0.2, 0.25) is 0 Å². The Kier molecular flexibility index (Phi) is 3.33. The van der Waals surface area contributed by atoms with Crippen molar-refractivity contribution in [2.45, 2.75) is 6.42 Å². The predicted molar refractivity (Wildman–Crippen MR) is 46.9 cm³/mol. The standard InChI is InChI=1S/C8H11ClN2/c1-10-5-4-7-2-3-8(9)11-6-7/h2-3,6,10H,4-5H2,1H3. The van der Waals surface area contributed by atoms with Gasteiger partial charge in [-0.25, -0.2) is 4.98 Å². The molecule has 1 aromatic heterocycles. The SMILES string of the molecule is CNCCc1ccc(Cl)nc1. The van der Waals surface area contributed by atoms with Gasteiger partial charge in [0, 0.05) is 6.20 Å². The van der Waals surface area contributed by atoms with Crippen LogP contribution in [0.5, 0.6) is 0 Å². The lowest BCUT2D eigenvalue weighted by Gasteiger charge is -1.98. The highest BCUT2D eigenvalue weighted by Gasteiger charge is 1.91. The molecule has 0 aliphatic heterocycles. The minimum absolute atomic E-state index is 0.554. The summed E-state index contributed by atoms with van der Waals surface area (Å²) < 4.78 is 0. The van der Waals surface area contributed by atoms with Crippen LogP contribution in [0.4, 0.5) is 0 Å². The summed E-state index contributed by atoms with van der Waals surface area (Å²) in [7, 11) is 1.93. The maximum atomic E-state index is 5.62. The molecular weight excluding hydrogens is 160 g/mol. The van der Waals surface area contributed by atoms with Crippen molar-refractivity contribution in [2.75, 3.05) is 13.6 Å². The number of halogens is 1. The van der Waals surface area contributed by atoms with Gasteiger partial charge in [-0.05, 0) is 31.6 Å². The van der Waals surface area contributed by atoms with Crippen LogP contribution in [-0.4, -0.2) is 18.6 Å². The molecule has 0 fully saturated rings. The van der Waals surface area contributed by atoms with Gasteiger partial charge in [0.05, 0.1) is 0 Å². The molecule has 3 heteroatoms. The summed E-state index contributed by atoms with van der Waals surface area (Å²) in [6.45, 7) is 0.976. The molecule has 0 saturated heterocycles. The fourth-order valence-electron chi connectivity index (χ4n) is 0.824. The third-order valence-electron chi connectivity index (χ3n) is 1.45. The topological polar surface area (TPSA) is 24.9 Å². The Labute approximate surface area is 71.6 Å². The highest BCUT2D eigenvalue weighted by Crippen LogP contribution is 2.04. The summed E-state index contributed by atoms with van der Waals surface area (Å²) in [6.07, 6.45) is 2.81. The molecule has 1 heterocycles. The first-order valence-electron chi connectivity index (χ1n) is 3.58. The van der Waals surface area contributed by atoms with Crippen LogP contribution in [0.15, 0.2) is 18.3 Å². The highest BCUT2D eigenvalue weighted by molar-refractivity contribution is 6.29. The van der Waals surface area contributed by atoms with E-state index in [9.17, 15) is 0 Å². The number of hydrogen-bond acceptors (Lipinski definition) is 2. The van der Waals surface area contributed by atoms with Crippen LogP contribution in [-0.2, 0) is 6.42 Å². The first-order valence-corrected chi connectivity index (χ1v) is 3.96. The van der Waals surface area contributed by atoms with Gasteiger partial charge in [0.15, 0.2) is 0 Å². The molecular formula is C8H11ClN2. The quantitative estimate of drug-likeness (QED) is 0.696. The van der Waals surface area contributed by atoms with Crippen LogP contribution < -0.4 is 5.32 Å². The van der Waals surface area contributed by atoms with E-state index in [1.54, 1.807) is 6.20 Å². The molecule has 0 radical (unpaired) electrons. The Morgan fingerprint density at radius 2 is 2.36 bits per heavy atom. The fourth-order valence-corrected chi connectivity index (χ4v) is 0.935. The number of likely N-dealkylation sites (N-methyl/N-ethyl adjacent to an activating group) is 1. The van der Waals surface area contributed by atoms with Crippen LogP contribution in [0.25, 0.3) is 0 Å². The minimum Gasteiger partial charge on any atom is -0.319 e. The molecule has 0 aliphatic carbocycles. The first-order chi connectivity index (χ1) is 5.33. The second-order valence-corrected chi connectivity index (χ2v) is 2.73. The second kappa shape index (κ2) is 4.31. The van der Waals surface area contributed by atoms with Crippen LogP contribution in [0, 0.1) is 0 Å². The molecule has 2 nitrogen and oxygen atoms in total. The molecule has 1 N–H and O–H groups in total. The van der Waals surface area contributed by atoms with Gasteiger partial charge in [-0.15, -0.1) is 0 Å². The predicted octanol–water partition coefficient (Wildman–Crippen LogP) is 1.50. The van der Waals surface area contributed by atoms with E-state index in [-0.39, 0.29) is 0 Å². The van der Waals surface area contributed by atoms with Crippen molar-refractivity contribution in [1.29, 1.82) is 0 Å². The molecule has 0 spiro atoms. The van der Waals surface area contributed by atoms with Crippen LogP contribution in [0.2, 0.25) is 5.15 Å². The van der Waals surface area contributed by atoms with E-state index in [4.69, 9.17) is 11.6 Å². The molecule has 0 saturated carbocycles. The molecule has 60 valence electrons. The van der Waals surface area contributed by atoms with Crippen molar-refractivity contribution in [3.8, 4) is 0 Å². The van der Waals surface area contributed by atoms with Gasteiger partial charge in [0.1, 0.15) is 5.15 Å². The maximum Gasteiger partial charge on any atom is 0.129 e. The van der Waals surface area contributed by atoms with E-state index >= 15 is 0 Å². The largest absolute Gasteiger partial charge is 0.319 e. The Bertz CT molecular complexity index is 208. The third kappa shape index (κ3) is 2.87. The molecule has 0 bridgehead atoms. The normalized spacial score (nSPS) is 10.0. The van der Waals surface area contributed by atoms with Gasteiger partial charge < -0.3 is 5.32 Å². The van der Waals surface area contributed by atoms with Gasteiger partial charge in [0.25, 0.3) is 0 Å². The monoisotopic (exact) mass is 170 g/mol. The second-order valence-electron chi connectivity index (χ2n) is 2.34. The Morgan fingerprint density at radius 3 is 2.91 bits per heavy atom. The minimum atomic E-state index is 0.554. The zero-order chi connectivity index (χ0) is 8.10. The van der Waals surface area contributed by atoms with Crippen molar-refractivity contribution < 1.29 is 0 Å².